The van der Waals surface area contributed by atoms with Crippen molar-refractivity contribution < 1.29 is 4.74 Å². The van der Waals surface area contributed by atoms with Crippen LogP contribution in [-0.4, -0.2) is 36.2 Å². The zero-order chi connectivity index (χ0) is 13.9. The molecule has 1 atom stereocenters. The Hall–Kier alpha value is -0.900. The fourth-order valence-electron chi connectivity index (χ4n) is 2.94. The molecule has 1 aliphatic heterocycles. The molecule has 1 saturated heterocycles. The highest BCUT2D eigenvalue weighted by Crippen LogP contribution is 2.22. The Kier molecular flexibility index (Phi) is 4.61. The first-order valence-corrected chi connectivity index (χ1v) is 7.16. The number of morpholine rings is 1. The van der Waals surface area contributed by atoms with Gasteiger partial charge in [-0.3, -0.25) is 4.90 Å². The van der Waals surface area contributed by atoms with Crippen LogP contribution in [0.15, 0.2) is 24.3 Å². The van der Waals surface area contributed by atoms with Crippen molar-refractivity contribution in [2.75, 3.05) is 19.6 Å². The topological polar surface area (TPSA) is 38.5 Å². The number of nitrogens with zero attached hydrogens (tertiary/aromatic N) is 1. The van der Waals surface area contributed by atoms with Gasteiger partial charge in [-0.2, -0.15) is 0 Å². The van der Waals surface area contributed by atoms with Gasteiger partial charge in [0.25, 0.3) is 0 Å². The lowest BCUT2D eigenvalue weighted by Gasteiger charge is -2.41. The van der Waals surface area contributed by atoms with Crippen molar-refractivity contribution in [3.05, 3.63) is 35.4 Å². The zero-order valence-corrected chi connectivity index (χ0v) is 12.4. The first-order valence-electron chi connectivity index (χ1n) is 7.16. The summed E-state index contributed by atoms with van der Waals surface area (Å²) in [7, 11) is 0. The predicted octanol–water partition coefficient (Wildman–Crippen LogP) is 2.19. The van der Waals surface area contributed by atoms with E-state index in [0.29, 0.717) is 12.6 Å². The van der Waals surface area contributed by atoms with Gasteiger partial charge in [0.15, 0.2) is 0 Å². The largest absolute Gasteiger partial charge is 0.370 e. The Morgan fingerprint density at radius 3 is 2.47 bits per heavy atom. The first kappa shape index (κ1) is 14.5. The van der Waals surface area contributed by atoms with Crippen LogP contribution in [0.5, 0.6) is 0 Å². The minimum atomic E-state index is -0.0445. The van der Waals surface area contributed by atoms with Gasteiger partial charge in [0.2, 0.25) is 0 Å². The van der Waals surface area contributed by atoms with Crippen LogP contribution in [0.2, 0.25) is 0 Å². The SMILES string of the molecule is CC1CN(Cc2ccc(CCN)cc2)CC(C)(C)O1. The molecule has 1 fully saturated rings. The number of rotatable bonds is 4. The third-order valence-electron chi connectivity index (χ3n) is 3.50. The van der Waals surface area contributed by atoms with E-state index < -0.39 is 0 Å². The molecule has 1 aromatic rings. The van der Waals surface area contributed by atoms with Gasteiger partial charge >= 0.3 is 0 Å². The van der Waals surface area contributed by atoms with Gasteiger partial charge in [-0.25, -0.2) is 0 Å². The van der Waals surface area contributed by atoms with Crippen molar-refractivity contribution in [2.45, 2.75) is 45.4 Å². The second-order valence-corrected chi connectivity index (χ2v) is 6.21. The van der Waals surface area contributed by atoms with Crippen molar-refractivity contribution >= 4 is 0 Å². The molecule has 19 heavy (non-hydrogen) atoms. The van der Waals surface area contributed by atoms with E-state index in [1.165, 1.54) is 11.1 Å². The van der Waals surface area contributed by atoms with Crippen LogP contribution < -0.4 is 5.73 Å². The molecule has 2 N–H and O–H groups in total. The van der Waals surface area contributed by atoms with Crippen LogP contribution in [0.4, 0.5) is 0 Å². The van der Waals surface area contributed by atoms with Crippen molar-refractivity contribution in [2.24, 2.45) is 5.73 Å². The molecule has 3 heteroatoms. The third-order valence-corrected chi connectivity index (χ3v) is 3.50. The fraction of sp³-hybridized carbons (Fsp3) is 0.625. The van der Waals surface area contributed by atoms with E-state index >= 15 is 0 Å². The molecule has 0 aromatic heterocycles. The van der Waals surface area contributed by atoms with E-state index in [4.69, 9.17) is 10.5 Å². The molecule has 106 valence electrons. The molecule has 0 aliphatic carbocycles. The molecule has 0 amide bonds. The van der Waals surface area contributed by atoms with Gasteiger partial charge in [-0.15, -0.1) is 0 Å². The van der Waals surface area contributed by atoms with Gasteiger partial charge in [-0.1, -0.05) is 24.3 Å². The van der Waals surface area contributed by atoms with Gasteiger partial charge in [0.05, 0.1) is 11.7 Å². The predicted molar refractivity (Wildman–Crippen MR) is 79.1 cm³/mol. The number of ether oxygens (including phenoxy) is 1. The van der Waals surface area contributed by atoms with E-state index in [0.717, 1.165) is 26.1 Å². The molecule has 1 heterocycles. The Morgan fingerprint density at radius 2 is 1.89 bits per heavy atom. The molecule has 1 unspecified atom stereocenters. The number of hydrogen-bond acceptors (Lipinski definition) is 3. The summed E-state index contributed by atoms with van der Waals surface area (Å²) in [6, 6.07) is 8.82. The molecular weight excluding hydrogens is 236 g/mol. The summed E-state index contributed by atoms with van der Waals surface area (Å²) in [6.07, 6.45) is 1.27. The van der Waals surface area contributed by atoms with Crippen molar-refractivity contribution in [3.8, 4) is 0 Å². The average molecular weight is 262 g/mol. The summed E-state index contributed by atoms with van der Waals surface area (Å²) >= 11 is 0. The molecule has 0 radical (unpaired) electrons. The summed E-state index contributed by atoms with van der Waals surface area (Å²) in [4.78, 5) is 2.48. The molecule has 0 spiro atoms. The summed E-state index contributed by atoms with van der Waals surface area (Å²) in [5.41, 5.74) is 8.21. The highest BCUT2D eigenvalue weighted by Gasteiger charge is 2.30. The quantitative estimate of drug-likeness (QED) is 0.904. The zero-order valence-electron chi connectivity index (χ0n) is 12.4. The van der Waals surface area contributed by atoms with Gasteiger partial charge in [-0.05, 0) is 44.9 Å². The van der Waals surface area contributed by atoms with E-state index in [9.17, 15) is 0 Å². The lowest BCUT2D eigenvalue weighted by atomic mass is 10.0. The average Bonchev–Trinajstić information content (AvgIpc) is 2.29. The molecule has 0 saturated carbocycles. The molecule has 1 aliphatic rings. The summed E-state index contributed by atoms with van der Waals surface area (Å²) < 4.78 is 5.94. The maximum Gasteiger partial charge on any atom is 0.0757 e. The molecule has 3 nitrogen and oxygen atoms in total. The fourth-order valence-corrected chi connectivity index (χ4v) is 2.94. The van der Waals surface area contributed by atoms with Crippen LogP contribution in [0.1, 0.15) is 31.9 Å². The smallest absolute Gasteiger partial charge is 0.0757 e. The number of hydrogen-bond donors (Lipinski definition) is 1. The summed E-state index contributed by atoms with van der Waals surface area (Å²) in [5.74, 6) is 0. The second-order valence-electron chi connectivity index (χ2n) is 6.21. The normalized spacial score (nSPS) is 23.5. The molecule has 2 rings (SSSR count). The Labute approximate surface area is 116 Å². The Bertz CT molecular complexity index is 400. The minimum absolute atomic E-state index is 0.0445. The number of nitrogens with two attached hydrogens (primary N) is 1. The van der Waals surface area contributed by atoms with E-state index in [1.807, 2.05) is 0 Å². The van der Waals surface area contributed by atoms with Crippen LogP contribution in [-0.2, 0) is 17.7 Å². The van der Waals surface area contributed by atoms with E-state index in [-0.39, 0.29) is 5.60 Å². The summed E-state index contributed by atoms with van der Waals surface area (Å²) in [5, 5.41) is 0. The van der Waals surface area contributed by atoms with E-state index in [1.54, 1.807) is 0 Å². The summed E-state index contributed by atoms with van der Waals surface area (Å²) in [6.45, 7) is 10.2. The first-order chi connectivity index (χ1) is 8.98. The third kappa shape index (κ3) is 4.30. The van der Waals surface area contributed by atoms with Crippen molar-refractivity contribution in [1.82, 2.24) is 4.90 Å². The molecule has 0 bridgehead atoms. The van der Waals surface area contributed by atoms with Crippen LogP contribution in [0.3, 0.4) is 0 Å². The highest BCUT2D eigenvalue weighted by molar-refractivity contribution is 5.22. The minimum Gasteiger partial charge on any atom is -0.370 e. The molecular formula is C16H26N2O. The Morgan fingerprint density at radius 1 is 1.26 bits per heavy atom. The van der Waals surface area contributed by atoms with Crippen molar-refractivity contribution in [1.29, 1.82) is 0 Å². The molecule has 1 aromatic carbocycles. The van der Waals surface area contributed by atoms with Gasteiger partial charge < -0.3 is 10.5 Å². The lowest BCUT2D eigenvalue weighted by molar-refractivity contribution is -0.130. The highest BCUT2D eigenvalue weighted by atomic mass is 16.5. The second kappa shape index (κ2) is 6.04. The van der Waals surface area contributed by atoms with Crippen LogP contribution in [0, 0.1) is 0 Å². The van der Waals surface area contributed by atoms with Crippen LogP contribution >= 0.6 is 0 Å². The van der Waals surface area contributed by atoms with Gasteiger partial charge in [0.1, 0.15) is 0 Å². The lowest BCUT2D eigenvalue weighted by Crippen LogP contribution is -2.51. The van der Waals surface area contributed by atoms with Crippen LogP contribution in [0.25, 0.3) is 0 Å². The van der Waals surface area contributed by atoms with E-state index in [2.05, 4.69) is 49.9 Å². The standard InChI is InChI=1S/C16H26N2O/c1-13-10-18(12-16(2,3)19-13)11-15-6-4-14(5-7-15)8-9-17/h4-7,13H,8-12,17H2,1-3H3. The van der Waals surface area contributed by atoms with Gasteiger partial charge in [0, 0.05) is 19.6 Å². The number of benzene rings is 1. The van der Waals surface area contributed by atoms with Crippen molar-refractivity contribution in [3.63, 3.8) is 0 Å². The maximum atomic E-state index is 5.94. The Balaban J connectivity index is 1.96. The monoisotopic (exact) mass is 262 g/mol. The maximum absolute atomic E-state index is 5.94.